The lowest BCUT2D eigenvalue weighted by molar-refractivity contribution is -0.185. The summed E-state index contributed by atoms with van der Waals surface area (Å²) >= 11 is 0. The van der Waals surface area contributed by atoms with Gasteiger partial charge in [0, 0.05) is 34.7 Å². The van der Waals surface area contributed by atoms with Gasteiger partial charge >= 0.3 is 6.18 Å². The molecule has 0 spiro atoms. The maximum absolute atomic E-state index is 12.7. The molecule has 1 rings (SSSR count). The average Bonchev–Trinajstić information content (AvgIpc) is 2.27. The molecule has 19 heavy (non-hydrogen) atoms. The van der Waals surface area contributed by atoms with E-state index in [0.29, 0.717) is 13.0 Å². The van der Waals surface area contributed by atoms with Crippen LogP contribution < -0.4 is 0 Å². The standard InChI is InChI=1S/C13H24F3N3/c1-18(2)12(19(3)4)17-9-10-6-5-7-11(8-10)13(14,15)16/h10-11H,5-9H2,1-4H3. The van der Waals surface area contributed by atoms with Crippen molar-refractivity contribution in [3.8, 4) is 0 Å². The molecule has 0 aromatic rings. The SMILES string of the molecule is CN(C)C(=NCC1CCCC(C(F)(F)F)C1)N(C)C. The van der Waals surface area contributed by atoms with Crippen molar-refractivity contribution in [2.75, 3.05) is 34.7 Å². The zero-order valence-electron chi connectivity index (χ0n) is 12.2. The van der Waals surface area contributed by atoms with Gasteiger partial charge in [0.2, 0.25) is 0 Å². The zero-order chi connectivity index (χ0) is 14.6. The summed E-state index contributed by atoms with van der Waals surface area (Å²) in [6, 6.07) is 0. The predicted octanol–water partition coefficient (Wildman–Crippen LogP) is 2.83. The number of halogens is 3. The Balaban J connectivity index is 2.60. The largest absolute Gasteiger partial charge is 0.391 e. The van der Waals surface area contributed by atoms with E-state index >= 15 is 0 Å². The van der Waals surface area contributed by atoms with Crippen molar-refractivity contribution < 1.29 is 13.2 Å². The first-order chi connectivity index (χ1) is 8.71. The summed E-state index contributed by atoms with van der Waals surface area (Å²) in [5, 5.41) is 0. The van der Waals surface area contributed by atoms with Gasteiger partial charge in [0.25, 0.3) is 0 Å². The maximum Gasteiger partial charge on any atom is 0.391 e. The molecule has 2 unspecified atom stereocenters. The van der Waals surface area contributed by atoms with Crippen molar-refractivity contribution in [1.82, 2.24) is 9.80 Å². The molecule has 0 radical (unpaired) electrons. The molecular weight excluding hydrogens is 255 g/mol. The minimum Gasteiger partial charge on any atom is -0.349 e. The van der Waals surface area contributed by atoms with Gasteiger partial charge in [0.1, 0.15) is 0 Å². The lowest BCUT2D eigenvalue weighted by Gasteiger charge is -2.30. The molecule has 1 saturated carbocycles. The number of hydrogen-bond donors (Lipinski definition) is 0. The van der Waals surface area contributed by atoms with Gasteiger partial charge in [0.05, 0.1) is 5.92 Å². The lowest BCUT2D eigenvalue weighted by atomic mass is 9.81. The van der Waals surface area contributed by atoms with Crippen molar-refractivity contribution in [2.24, 2.45) is 16.8 Å². The summed E-state index contributed by atoms with van der Waals surface area (Å²) in [5.74, 6) is -0.284. The van der Waals surface area contributed by atoms with E-state index in [0.717, 1.165) is 12.4 Å². The normalized spacial score (nSPS) is 23.9. The van der Waals surface area contributed by atoms with Crippen molar-refractivity contribution in [2.45, 2.75) is 31.9 Å². The van der Waals surface area contributed by atoms with Crippen LogP contribution in [-0.2, 0) is 0 Å². The zero-order valence-corrected chi connectivity index (χ0v) is 12.2. The second-order valence-electron chi connectivity index (χ2n) is 5.70. The molecule has 0 aromatic heterocycles. The van der Waals surface area contributed by atoms with E-state index in [4.69, 9.17) is 0 Å². The van der Waals surface area contributed by atoms with E-state index in [1.54, 1.807) is 0 Å². The van der Waals surface area contributed by atoms with Gasteiger partial charge in [-0.3, -0.25) is 4.99 Å². The van der Waals surface area contributed by atoms with E-state index in [2.05, 4.69) is 4.99 Å². The van der Waals surface area contributed by atoms with Gasteiger partial charge in [-0.25, -0.2) is 0 Å². The number of alkyl halides is 3. The summed E-state index contributed by atoms with van der Waals surface area (Å²) in [6.07, 6.45) is -2.04. The summed E-state index contributed by atoms with van der Waals surface area (Å²) < 4.78 is 38.2. The maximum atomic E-state index is 12.7. The van der Waals surface area contributed by atoms with Crippen molar-refractivity contribution in [3.63, 3.8) is 0 Å². The van der Waals surface area contributed by atoms with E-state index in [-0.39, 0.29) is 18.8 Å². The second kappa shape index (κ2) is 6.48. The second-order valence-corrected chi connectivity index (χ2v) is 5.70. The molecule has 0 saturated heterocycles. The quantitative estimate of drug-likeness (QED) is 0.572. The molecule has 1 aliphatic carbocycles. The molecule has 0 amide bonds. The van der Waals surface area contributed by atoms with Crippen LogP contribution in [0.4, 0.5) is 13.2 Å². The number of hydrogen-bond acceptors (Lipinski definition) is 1. The van der Waals surface area contributed by atoms with Crippen LogP contribution in [-0.4, -0.2) is 56.7 Å². The number of nitrogens with zero attached hydrogens (tertiary/aromatic N) is 3. The topological polar surface area (TPSA) is 18.8 Å². The summed E-state index contributed by atoms with van der Waals surface area (Å²) in [5.41, 5.74) is 0. The third-order valence-corrected chi connectivity index (χ3v) is 3.54. The summed E-state index contributed by atoms with van der Waals surface area (Å²) in [6.45, 7) is 0.484. The Labute approximate surface area is 113 Å². The third-order valence-electron chi connectivity index (χ3n) is 3.54. The highest BCUT2D eigenvalue weighted by atomic mass is 19.4. The first-order valence-corrected chi connectivity index (χ1v) is 6.67. The molecule has 1 aliphatic rings. The lowest BCUT2D eigenvalue weighted by Crippen LogP contribution is -2.36. The Hall–Kier alpha value is -0.940. The Bertz CT molecular complexity index is 301. The van der Waals surface area contributed by atoms with Crippen LogP contribution in [0.2, 0.25) is 0 Å². The molecular formula is C13H24F3N3. The Morgan fingerprint density at radius 2 is 1.68 bits per heavy atom. The number of aliphatic imine (C=N–C) groups is 1. The minimum atomic E-state index is -4.05. The first kappa shape index (κ1) is 16.1. The number of guanidine groups is 1. The van der Waals surface area contributed by atoms with Crippen LogP contribution in [0.5, 0.6) is 0 Å². The van der Waals surface area contributed by atoms with E-state index in [1.165, 1.54) is 0 Å². The van der Waals surface area contributed by atoms with Gasteiger partial charge in [-0.05, 0) is 25.2 Å². The molecule has 2 atom stereocenters. The van der Waals surface area contributed by atoms with Gasteiger partial charge in [0.15, 0.2) is 5.96 Å². The predicted molar refractivity (Wildman–Crippen MR) is 71.2 cm³/mol. The van der Waals surface area contributed by atoms with E-state index in [9.17, 15) is 13.2 Å². The fraction of sp³-hybridized carbons (Fsp3) is 0.923. The van der Waals surface area contributed by atoms with Crippen molar-refractivity contribution >= 4 is 5.96 Å². The summed E-state index contributed by atoms with van der Waals surface area (Å²) in [4.78, 5) is 8.22. The van der Waals surface area contributed by atoms with Crippen LogP contribution in [0.25, 0.3) is 0 Å². The molecule has 0 bridgehead atoms. The average molecular weight is 279 g/mol. The molecule has 0 heterocycles. The number of rotatable bonds is 2. The Kier molecular flexibility index (Phi) is 5.50. The Morgan fingerprint density at radius 3 is 2.16 bits per heavy atom. The van der Waals surface area contributed by atoms with Crippen LogP contribution in [0, 0.1) is 11.8 Å². The minimum absolute atomic E-state index is 0.0512. The smallest absolute Gasteiger partial charge is 0.349 e. The fourth-order valence-electron chi connectivity index (χ4n) is 2.65. The Morgan fingerprint density at radius 1 is 1.11 bits per heavy atom. The van der Waals surface area contributed by atoms with Gasteiger partial charge in [-0.15, -0.1) is 0 Å². The van der Waals surface area contributed by atoms with Gasteiger partial charge < -0.3 is 9.80 Å². The molecule has 0 N–H and O–H groups in total. The molecule has 0 aromatic carbocycles. The van der Waals surface area contributed by atoms with E-state index < -0.39 is 12.1 Å². The van der Waals surface area contributed by atoms with Crippen molar-refractivity contribution in [1.29, 1.82) is 0 Å². The highest BCUT2D eigenvalue weighted by Gasteiger charge is 2.41. The summed E-state index contributed by atoms with van der Waals surface area (Å²) in [7, 11) is 7.55. The molecule has 6 heteroatoms. The molecule has 0 aliphatic heterocycles. The third kappa shape index (κ3) is 4.91. The van der Waals surface area contributed by atoms with Crippen LogP contribution in [0.15, 0.2) is 4.99 Å². The molecule has 1 fully saturated rings. The van der Waals surface area contributed by atoms with Crippen LogP contribution in [0.1, 0.15) is 25.7 Å². The van der Waals surface area contributed by atoms with Crippen LogP contribution in [0.3, 0.4) is 0 Å². The first-order valence-electron chi connectivity index (χ1n) is 6.67. The highest BCUT2D eigenvalue weighted by molar-refractivity contribution is 5.79. The molecule has 112 valence electrons. The van der Waals surface area contributed by atoms with Gasteiger partial charge in [-0.1, -0.05) is 6.42 Å². The van der Waals surface area contributed by atoms with Gasteiger partial charge in [-0.2, -0.15) is 13.2 Å². The monoisotopic (exact) mass is 279 g/mol. The van der Waals surface area contributed by atoms with E-state index in [1.807, 2.05) is 38.0 Å². The van der Waals surface area contributed by atoms with Crippen LogP contribution >= 0.6 is 0 Å². The molecule has 3 nitrogen and oxygen atoms in total. The highest BCUT2D eigenvalue weighted by Crippen LogP contribution is 2.39. The fourth-order valence-corrected chi connectivity index (χ4v) is 2.65. The van der Waals surface area contributed by atoms with Crippen molar-refractivity contribution in [3.05, 3.63) is 0 Å².